The highest BCUT2D eigenvalue weighted by molar-refractivity contribution is 7.89. The van der Waals surface area contributed by atoms with Crippen LogP contribution < -0.4 is 10.6 Å². The number of carbonyl (C=O) groups is 2. The number of anilines is 1. The fraction of sp³-hybridized carbons (Fsp3) is 0.600. The lowest BCUT2D eigenvalue weighted by Crippen LogP contribution is -2.43. The van der Waals surface area contributed by atoms with Gasteiger partial charge in [0.05, 0.1) is 17.8 Å². The lowest BCUT2D eigenvalue weighted by molar-refractivity contribution is -0.120. The molecule has 32 heavy (non-hydrogen) atoms. The minimum atomic E-state index is -3.73. The number of rotatable bonds is 8. The normalized spacial score (nSPS) is 17.5. The van der Waals surface area contributed by atoms with Crippen LogP contribution in [0.4, 0.5) is 5.69 Å². The third-order valence-electron chi connectivity index (χ3n) is 5.30. The summed E-state index contributed by atoms with van der Waals surface area (Å²) >= 11 is 0. The van der Waals surface area contributed by atoms with Crippen molar-refractivity contribution >= 4 is 27.5 Å². The molecule has 2 N–H and O–H groups in total. The topological polar surface area (TPSA) is 131 Å². The highest BCUT2D eigenvalue weighted by Gasteiger charge is 2.34. The van der Waals surface area contributed by atoms with Crippen molar-refractivity contribution < 1.29 is 18.0 Å². The monoisotopic (exact) mass is 465 g/mol. The second-order valence-electron chi connectivity index (χ2n) is 8.39. The summed E-state index contributed by atoms with van der Waals surface area (Å²) in [5, 5.41) is 13.8. The van der Waals surface area contributed by atoms with Crippen LogP contribution in [0.25, 0.3) is 0 Å². The molecule has 11 nitrogen and oxygen atoms in total. The van der Waals surface area contributed by atoms with Gasteiger partial charge in [-0.25, -0.2) is 8.42 Å². The average Bonchev–Trinajstić information content (AvgIpc) is 3.38. The molecule has 0 aliphatic carbocycles. The van der Waals surface area contributed by atoms with Crippen LogP contribution in [0.1, 0.15) is 44.1 Å². The lowest BCUT2D eigenvalue weighted by atomic mass is 9.99. The van der Waals surface area contributed by atoms with E-state index in [1.807, 2.05) is 20.8 Å². The Balaban J connectivity index is 1.73. The SMILES string of the molecule is CCn1cc(NC(=O)[C@@H]2CCCN(S(=O)(=O)c3cnn(C)c3)C2)c(C(=O)NCC(C)C)n1. The first-order chi connectivity index (χ1) is 15.1. The van der Waals surface area contributed by atoms with Crippen molar-refractivity contribution in [3.8, 4) is 0 Å². The van der Waals surface area contributed by atoms with Crippen LogP contribution in [-0.4, -0.2) is 63.7 Å². The molecule has 0 radical (unpaired) electrons. The van der Waals surface area contributed by atoms with Gasteiger partial charge in [0, 0.05) is 45.6 Å². The van der Waals surface area contributed by atoms with E-state index in [9.17, 15) is 18.0 Å². The van der Waals surface area contributed by atoms with Gasteiger partial charge < -0.3 is 10.6 Å². The molecule has 0 saturated carbocycles. The van der Waals surface area contributed by atoms with Gasteiger partial charge in [-0.1, -0.05) is 13.8 Å². The number of sulfonamides is 1. The second-order valence-corrected chi connectivity index (χ2v) is 10.3. The lowest BCUT2D eigenvalue weighted by Gasteiger charge is -2.30. The molecule has 2 aromatic rings. The summed E-state index contributed by atoms with van der Waals surface area (Å²) in [6.45, 7) is 7.31. The van der Waals surface area contributed by atoms with Gasteiger partial charge >= 0.3 is 0 Å². The zero-order valence-corrected chi connectivity index (χ0v) is 19.7. The van der Waals surface area contributed by atoms with Crippen LogP contribution in [-0.2, 0) is 28.4 Å². The Morgan fingerprint density at radius 3 is 2.66 bits per heavy atom. The highest BCUT2D eigenvalue weighted by atomic mass is 32.2. The molecule has 2 amide bonds. The number of amides is 2. The van der Waals surface area contributed by atoms with Gasteiger partial charge in [-0.15, -0.1) is 0 Å². The molecule has 0 bridgehead atoms. The Hall–Kier alpha value is -2.73. The molecular formula is C20H31N7O4S. The third kappa shape index (κ3) is 5.36. The van der Waals surface area contributed by atoms with Gasteiger partial charge in [-0.3, -0.25) is 19.0 Å². The number of hydrogen-bond acceptors (Lipinski definition) is 6. The second kappa shape index (κ2) is 9.82. The fourth-order valence-corrected chi connectivity index (χ4v) is 5.02. The first-order valence-electron chi connectivity index (χ1n) is 10.8. The minimum absolute atomic E-state index is 0.0693. The molecule has 1 aliphatic heterocycles. The van der Waals surface area contributed by atoms with Gasteiger partial charge in [0.2, 0.25) is 15.9 Å². The van der Waals surface area contributed by atoms with Crippen molar-refractivity contribution in [3.63, 3.8) is 0 Å². The summed E-state index contributed by atoms with van der Waals surface area (Å²) in [6.07, 6.45) is 5.49. The predicted octanol–water partition coefficient (Wildman–Crippen LogP) is 1.06. The summed E-state index contributed by atoms with van der Waals surface area (Å²) in [7, 11) is -2.08. The molecule has 3 rings (SSSR count). The molecule has 176 valence electrons. The maximum absolute atomic E-state index is 13.0. The van der Waals surface area contributed by atoms with E-state index >= 15 is 0 Å². The van der Waals surface area contributed by atoms with Crippen molar-refractivity contribution in [2.45, 2.75) is 45.1 Å². The minimum Gasteiger partial charge on any atom is -0.350 e. The average molecular weight is 466 g/mol. The molecule has 1 atom stereocenters. The Labute approximate surface area is 188 Å². The van der Waals surface area contributed by atoms with Gasteiger partial charge in [-0.05, 0) is 25.7 Å². The Morgan fingerprint density at radius 1 is 1.28 bits per heavy atom. The number of aromatic nitrogens is 4. The molecule has 2 aromatic heterocycles. The van der Waals surface area contributed by atoms with E-state index in [2.05, 4.69) is 20.8 Å². The first kappa shape index (κ1) is 23.9. The smallest absolute Gasteiger partial charge is 0.273 e. The van der Waals surface area contributed by atoms with Gasteiger partial charge in [0.15, 0.2) is 5.69 Å². The van der Waals surface area contributed by atoms with Crippen LogP contribution in [0.3, 0.4) is 0 Å². The van der Waals surface area contributed by atoms with E-state index in [1.54, 1.807) is 17.9 Å². The number of carbonyl (C=O) groups excluding carboxylic acids is 2. The van der Waals surface area contributed by atoms with E-state index in [0.29, 0.717) is 38.2 Å². The van der Waals surface area contributed by atoms with Crippen LogP contribution >= 0.6 is 0 Å². The van der Waals surface area contributed by atoms with Crippen molar-refractivity contribution in [1.82, 2.24) is 29.2 Å². The fourth-order valence-electron chi connectivity index (χ4n) is 3.51. The van der Waals surface area contributed by atoms with Crippen LogP contribution in [0, 0.1) is 11.8 Å². The number of nitrogens with zero attached hydrogens (tertiary/aromatic N) is 5. The molecule has 0 aromatic carbocycles. The number of aryl methyl sites for hydroxylation is 2. The maximum atomic E-state index is 13.0. The Bertz CT molecular complexity index is 1070. The molecule has 0 spiro atoms. The van der Waals surface area contributed by atoms with Crippen molar-refractivity contribution in [3.05, 3.63) is 24.3 Å². The molecule has 1 saturated heterocycles. The van der Waals surface area contributed by atoms with E-state index in [0.717, 1.165) is 0 Å². The molecular weight excluding hydrogens is 434 g/mol. The summed E-state index contributed by atoms with van der Waals surface area (Å²) in [5.74, 6) is -0.942. The quantitative estimate of drug-likeness (QED) is 0.599. The molecule has 12 heteroatoms. The van der Waals surface area contributed by atoms with E-state index in [4.69, 9.17) is 0 Å². The van der Waals surface area contributed by atoms with Crippen molar-refractivity contribution in [2.24, 2.45) is 18.9 Å². The molecule has 3 heterocycles. The molecule has 1 aliphatic rings. The predicted molar refractivity (Wildman–Crippen MR) is 118 cm³/mol. The largest absolute Gasteiger partial charge is 0.350 e. The molecule has 1 fully saturated rings. The van der Waals surface area contributed by atoms with Crippen LogP contribution in [0.5, 0.6) is 0 Å². The first-order valence-corrected chi connectivity index (χ1v) is 12.2. The summed E-state index contributed by atoms with van der Waals surface area (Å²) < 4.78 is 30.2. The third-order valence-corrected chi connectivity index (χ3v) is 7.12. The van der Waals surface area contributed by atoms with Gasteiger partial charge in [0.25, 0.3) is 5.91 Å². The van der Waals surface area contributed by atoms with Crippen LogP contribution in [0.2, 0.25) is 0 Å². The van der Waals surface area contributed by atoms with Gasteiger partial charge in [-0.2, -0.15) is 14.5 Å². The van der Waals surface area contributed by atoms with E-state index in [-0.39, 0.29) is 34.9 Å². The van der Waals surface area contributed by atoms with Crippen LogP contribution in [0.15, 0.2) is 23.5 Å². The summed E-state index contributed by atoms with van der Waals surface area (Å²) in [4.78, 5) is 25.7. The maximum Gasteiger partial charge on any atom is 0.273 e. The zero-order chi connectivity index (χ0) is 23.5. The number of piperidine rings is 1. The number of nitrogens with one attached hydrogen (secondary N) is 2. The van der Waals surface area contributed by atoms with E-state index < -0.39 is 15.9 Å². The Morgan fingerprint density at radius 2 is 2.03 bits per heavy atom. The van der Waals surface area contributed by atoms with Crippen molar-refractivity contribution in [1.29, 1.82) is 0 Å². The summed E-state index contributed by atoms with van der Waals surface area (Å²) in [5.41, 5.74) is 0.474. The highest BCUT2D eigenvalue weighted by Crippen LogP contribution is 2.25. The zero-order valence-electron chi connectivity index (χ0n) is 18.9. The molecule has 0 unspecified atom stereocenters. The van der Waals surface area contributed by atoms with E-state index in [1.165, 1.54) is 21.4 Å². The summed E-state index contributed by atoms with van der Waals surface area (Å²) in [6, 6.07) is 0. The standard InChI is InChI=1S/C20H31N7O4S/c1-5-26-13-17(18(24-26)20(29)21-9-14(2)3)23-19(28)15-7-6-8-27(11-15)32(30,31)16-10-22-25(4)12-16/h10,12-15H,5-9,11H2,1-4H3,(H,21,29)(H,23,28)/t15-/m1/s1. The Kier molecular flexibility index (Phi) is 7.34. The van der Waals surface area contributed by atoms with Crippen molar-refractivity contribution in [2.75, 3.05) is 25.0 Å². The van der Waals surface area contributed by atoms with Gasteiger partial charge in [0.1, 0.15) is 4.90 Å². The number of hydrogen-bond donors (Lipinski definition) is 2.